The van der Waals surface area contributed by atoms with Gasteiger partial charge in [0, 0.05) is 23.7 Å². The van der Waals surface area contributed by atoms with Crippen LogP contribution in [0.15, 0.2) is 0 Å². The lowest BCUT2D eigenvalue weighted by molar-refractivity contribution is -0.186. The van der Waals surface area contributed by atoms with E-state index in [-0.39, 0.29) is 35.6 Å². The Balaban J connectivity index is 2.03. The van der Waals surface area contributed by atoms with Crippen LogP contribution < -0.4 is 0 Å². The predicted molar refractivity (Wildman–Crippen MR) is 68.2 cm³/mol. The van der Waals surface area contributed by atoms with Crippen LogP contribution in [0.5, 0.6) is 0 Å². The smallest absolute Gasteiger partial charge is 0.309 e. The van der Waals surface area contributed by atoms with Gasteiger partial charge in [0.1, 0.15) is 11.9 Å². The first-order valence-corrected chi connectivity index (χ1v) is 7.23. The summed E-state index contributed by atoms with van der Waals surface area (Å²) in [6.45, 7) is 5.64. The van der Waals surface area contributed by atoms with Gasteiger partial charge in [-0.15, -0.1) is 0 Å². The molecule has 1 N–H and O–H groups in total. The largest absolute Gasteiger partial charge is 0.461 e. The number of hydrogen-bond donors (Lipinski definition) is 1. The molecule has 3 rings (SSSR count). The van der Waals surface area contributed by atoms with Gasteiger partial charge in [0.15, 0.2) is 0 Å². The molecule has 0 spiro atoms. The number of carbonyl (C=O) groups is 2. The average Bonchev–Trinajstić information content (AvgIpc) is 2.60. The fraction of sp³-hybridized carbons (Fsp3) is 0.867. The van der Waals surface area contributed by atoms with Crippen molar-refractivity contribution in [2.24, 2.45) is 23.2 Å². The summed E-state index contributed by atoms with van der Waals surface area (Å²) in [7, 11) is 0. The summed E-state index contributed by atoms with van der Waals surface area (Å²) in [4.78, 5) is 24.2. The molecule has 1 aliphatic heterocycles. The molecule has 0 aromatic rings. The summed E-state index contributed by atoms with van der Waals surface area (Å²) in [5.41, 5.74) is -1.45. The summed E-state index contributed by atoms with van der Waals surface area (Å²) in [6.07, 6.45) is 2.21. The molecule has 4 nitrogen and oxygen atoms in total. The van der Waals surface area contributed by atoms with E-state index in [1.165, 1.54) is 0 Å². The third kappa shape index (κ3) is 1.62. The number of rotatable bonds is 0. The maximum absolute atomic E-state index is 12.3. The van der Waals surface area contributed by atoms with Gasteiger partial charge in [-0.05, 0) is 26.2 Å². The highest BCUT2D eigenvalue weighted by molar-refractivity contribution is 5.86. The molecule has 19 heavy (non-hydrogen) atoms. The van der Waals surface area contributed by atoms with Gasteiger partial charge in [-0.1, -0.05) is 13.8 Å². The number of aliphatic hydroxyl groups is 1. The second-order valence-electron chi connectivity index (χ2n) is 7.07. The number of esters is 1. The van der Waals surface area contributed by atoms with E-state index < -0.39 is 11.0 Å². The molecule has 4 heteroatoms. The number of ether oxygens (including phenoxy) is 1. The highest BCUT2D eigenvalue weighted by Crippen LogP contribution is 2.57. The molecule has 2 aliphatic carbocycles. The van der Waals surface area contributed by atoms with Gasteiger partial charge in [0.2, 0.25) is 0 Å². The number of Topliss-reactive ketones (excluding diaryl/α,β-unsaturated/α-hetero) is 1. The van der Waals surface area contributed by atoms with Crippen molar-refractivity contribution in [1.82, 2.24) is 0 Å². The van der Waals surface area contributed by atoms with E-state index in [2.05, 4.69) is 0 Å². The first-order chi connectivity index (χ1) is 8.77. The van der Waals surface area contributed by atoms with Gasteiger partial charge < -0.3 is 9.84 Å². The topological polar surface area (TPSA) is 63.6 Å². The van der Waals surface area contributed by atoms with Crippen molar-refractivity contribution >= 4 is 11.8 Å². The first kappa shape index (κ1) is 13.1. The zero-order valence-electron chi connectivity index (χ0n) is 11.8. The minimum absolute atomic E-state index is 0.109. The molecule has 0 aromatic carbocycles. The summed E-state index contributed by atoms with van der Waals surface area (Å²) < 4.78 is 5.54. The Kier molecular flexibility index (Phi) is 2.63. The second kappa shape index (κ2) is 3.81. The molecule has 3 aliphatic rings. The van der Waals surface area contributed by atoms with Gasteiger partial charge in [-0.2, -0.15) is 0 Å². The molecule has 0 aromatic heterocycles. The van der Waals surface area contributed by atoms with Gasteiger partial charge in [-0.3, -0.25) is 9.59 Å². The molecule has 106 valence electrons. The van der Waals surface area contributed by atoms with Crippen LogP contribution in [0.4, 0.5) is 0 Å². The van der Waals surface area contributed by atoms with E-state index in [0.717, 1.165) is 12.8 Å². The van der Waals surface area contributed by atoms with Gasteiger partial charge in [0.25, 0.3) is 0 Å². The Hall–Kier alpha value is -0.900. The van der Waals surface area contributed by atoms with Gasteiger partial charge >= 0.3 is 5.97 Å². The Morgan fingerprint density at radius 2 is 1.95 bits per heavy atom. The predicted octanol–water partition coefficient (Wildman–Crippen LogP) is 1.69. The lowest BCUT2D eigenvalue weighted by Crippen LogP contribution is -2.61. The minimum atomic E-state index is -0.920. The average molecular weight is 266 g/mol. The maximum atomic E-state index is 12.3. The Bertz CT molecular complexity index is 441. The maximum Gasteiger partial charge on any atom is 0.309 e. The molecule has 0 radical (unpaired) electrons. The van der Waals surface area contributed by atoms with Crippen LogP contribution in [0.25, 0.3) is 0 Å². The Labute approximate surface area is 113 Å². The molecule has 0 unspecified atom stereocenters. The van der Waals surface area contributed by atoms with Crippen LogP contribution in [0.1, 0.15) is 46.5 Å². The third-order valence-corrected chi connectivity index (χ3v) is 5.87. The van der Waals surface area contributed by atoms with Crippen molar-refractivity contribution in [3.63, 3.8) is 0 Å². The van der Waals surface area contributed by atoms with Crippen molar-refractivity contribution in [2.75, 3.05) is 0 Å². The highest BCUT2D eigenvalue weighted by Gasteiger charge is 2.63. The third-order valence-electron chi connectivity index (χ3n) is 5.87. The van der Waals surface area contributed by atoms with E-state index in [0.29, 0.717) is 12.8 Å². The van der Waals surface area contributed by atoms with E-state index in [1.54, 1.807) is 6.92 Å². The molecule has 6 atom stereocenters. The monoisotopic (exact) mass is 266 g/mol. The molecule has 2 saturated carbocycles. The number of hydrogen-bond acceptors (Lipinski definition) is 4. The lowest BCUT2D eigenvalue weighted by Gasteiger charge is -2.54. The van der Waals surface area contributed by atoms with Gasteiger partial charge in [0.05, 0.1) is 11.5 Å². The van der Waals surface area contributed by atoms with E-state index >= 15 is 0 Å². The number of ketones is 1. The van der Waals surface area contributed by atoms with Crippen LogP contribution in [0.2, 0.25) is 0 Å². The van der Waals surface area contributed by atoms with Crippen LogP contribution in [0, 0.1) is 23.2 Å². The molecule has 1 heterocycles. The summed E-state index contributed by atoms with van der Waals surface area (Å²) >= 11 is 0. The van der Waals surface area contributed by atoms with Crippen LogP contribution in [0.3, 0.4) is 0 Å². The minimum Gasteiger partial charge on any atom is -0.461 e. The number of carbonyl (C=O) groups excluding carboxylic acids is 2. The normalized spacial score (nSPS) is 53.5. The van der Waals surface area contributed by atoms with E-state index in [4.69, 9.17) is 4.74 Å². The highest BCUT2D eigenvalue weighted by atomic mass is 16.6. The molecule has 0 amide bonds. The second-order valence-corrected chi connectivity index (χ2v) is 7.07. The zero-order chi connectivity index (χ0) is 14.0. The Morgan fingerprint density at radius 3 is 2.63 bits per heavy atom. The fourth-order valence-corrected chi connectivity index (χ4v) is 4.66. The lowest BCUT2D eigenvalue weighted by atomic mass is 9.51. The summed E-state index contributed by atoms with van der Waals surface area (Å²) in [5.74, 6) is -0.162. The standard InChI is InChI=1S/C15H22O4/c1-8-9-4-6-14(2)10(16)5-7-15(3,18)12(14)11(9)19-13(8)17/h8-9,11-12,18H,4-7H2,1-3H3/t8-,9-,11-,12+,14-,15+/m0/s1. The van der Waals surface area contributed by atoms with Crippen LogP contribution in [-0.2, 0) is 14.3 Å². The quantitative estimate of drug-likeness (QED) is 0.678. The van der Waals surface area contributed by atoms with Crippen molar-refractivity contribution in [3.05, 3.63) is 0 Å². The van der Waals surface area contributed by atoms with Gasteiger partial charge in [-0.25, -0.2) is 0 Å². The van der Waals surface area contributed by atoms with Crippen molar-refractivity contribution in [3.8, 4) is 0 Å². The van der Waals surface area contributed by atoms with Crippen LogP contribution >= 0.6 is 0 Å². The molecule has 0 bridgehead atoms. The molecular weight excluding hydrogens is 244 g/mol. The Morgan fingerprint density at radius 1 is 1.26 bits per heavy atom. The van der Waals surface area contributed by atoms with Crippen molar-refractivity contribution in [1.29, 1.82) is 0 Å². The number of fused-ring (bicyclic) bond motifs is 3. The fourth-order valence-electron chi connectivity index (χ4n) is 4.66. The van der Waals surface area contributed by atoms with E-state index in [1.807, 2.05) is 13.8 Å². The molecular formula is C15H22O4. The molecule has 1 saturated heterocycles. The summed E-state index contributed by atoms with van der Waals surface area (Å²) in [5, 5.41) is 10.7. The van der Waals surface area contributed by atoms with Crippen molar-refractivity contribution in [2.45, 2.75) is 58.2 Å². The summed E-state index contributed by atoms with van der Waals surface area (Å²) in [6, 6.07) is 0. The van der Waals surface area contributed by atoms with Crippen molar-refractivity contribution < 1.29 is 19.4 Å². The zero-order valence-corrected chi connectivity index (χ0v) is 11.8. The molecule has 3 fully saturated rings. The first-order valence-electron chi connectivity index (χ1n) is 7.23. The SMILES string of the molecule is C[C@@H]1C(=O)O[C@H]2[C@H]1CC[C@@]1(C)C(=O)CC[C@@](C)(O)[C@H]21. The van der Waals surface area contributed by atoms with Crippen LogP contribution in [-0.4, -0.2) is 28.6 Å². The van der Waals surface area contributed by atoms with E-state index in [9.17, 15) is 14.7 Å².